The highest BCUT2D eigenvalue weighted by Crippen LogP contribution is 2.30. The van der Waals surface area contributed by atoms with Crippen molar-refractivity contribution in [2.45, 2.75) is 19.4 Å². The number of carbonyl (C=O) groups is 1. The summed E-state index contributed by atoms with van der Waals surface area (Å²) < 4.78 is 10.7. The van der Waals surface area contributed by atoms with Gasteiger partial charge in [0.2, 0.25) is 5.91 Å². The molecule has 21 heavy (non-hydrogen) atoms. The van der Waals surface area contributed by atoms with Gasteiger partial charge in [0.05, 0.1) is 19.8 Å². The Bertz CT molecular complexity index is 512. The van der Waals surface area contributed by atoms with Gasteiger partial charge in [-0.2, -0.15) is 0 Å². The van der Waals surface area contributed by atoms with Crippen molar-refractivity contribution in [3.63, 3.8) is 0 Å². The van der Waals surface area contributed by atoms with E-state index in [9.17, 15) is 4.79 Å². The minimum Gasteiger partial charge on any atom is -0.380 e. The van der Waals surface area contributed by atoms with Crippen molar-refractivity contribution in [2.24, 2.45) is 0 Å². The van der Waals surface area contributed by atoms with Gasteiger partial charge in [0.15, 0.2) is 0 Å². The highest BCUT2D eigenvalue weighted by atomic mass is 16.5. The minimum absolute atomic E-state index is 0.224. The van der Waals surface area contributed by atoms with Gasteiger partial charge >= 0.3 is 0 Å². The van der Waals surface area contributed by atoms with Crippen molar-refractivity contribution in [1.29, 1.82) is 0 Å². The zero-order chi connectivity index (χ0) is 14.7. The number of nitrogens with zero attached hydrogens (tertiary/aromatic N) is 2. The topological polar surface area (TPSA) is 42.0 Å². The molecule has 5 nitrogen and oxygen atoms in total. The van der Waals surface area contributed by atoms with Crippen molar-refractivity contribution < 1.29 is 14.3 Å². The highest BCUT2D eigenvalue weighted by molar-refractivity contribution is 5.95. The molecule has 1 aromatic carbocycles. The lowest BCUT2D eigenvalue weighted by Crippen LogP contribution is -2.37. The molecule has 114 valence electrons. The Hall–Kier alpha value is -1.59. The van der Waals surface area contributed by atoms with Crippen LogP contribution in [0.25, 0.3) is 0 Å². The van der Waals surface area contributed by atoms with E-state index >= 15 is 0 Å². The minimum atomic E-state index is 0.224. The van der Waals surface area contributed by atoms with Crippen molar-refractivity contribution in [3.8, 4) is 0 Å². The van der Waals surface area contributed by atoms with Gasteiger partial charge in [0, 0.05) is 50.1 Å². The number of benzene rings is 1. The van der Waals surface area contributed by atoms with E-state index in [2.05, 4.69) is 17.0 Å². The van der Waals surface area contributed by atoms with Gasteiger partial charge in [-0.1, -0.05) is 6.07 Å². The van der Waals surface area contributed by atoms with Crippen LogP contribution in [0.5, 0.6) is 0 Å². The molecule has 0 spiro atoms. The molecular weight excluding hydrogens is 268 g/mol. The first-order valence-corrected chi connectivity index (χ1v) is 7.54. The molecule has 0 unspecified atom stereocenters. The maximum absolute atomic E-state index is 11.9. The van der Waals surface area contributed by atoms with Crippen LogP contribution in [0.3, 0.4) is 0 Å². The Kier molecular flexibility index (Phi) is 4.41. The summed E-state index contributed by atoms with van der Waals surface area (Å²) in [7, 11) is 1.71. The second kappa shape index (κ2) is 6.45. The molecule has 0 radical (unpaired) electrons. The van der Waals surface area contributed by atoms with E-state index in [4.69, 9.17) is 9.47 Å². The fourth-order valence-corrected chi connectivity index (χ4v) is 3.02. The van der Waals surface area contributed by atoms with Gasteiger partial charge in [0.1, 0.15) is 0 Å². The van der Waals surface area contributed by atoms with E-state index in [0.29, 0.717) is 13.0 Å². The van der Waals surface area contributed by atoms with Crippen molar-refractivity contribution in [1.82, 2.24) is 0 Å². The fraction of sp³-hybridized carbons (Fsp3) is 0.562. The number of anilines is 2. The molecule has 1 amide bonds. The second-order valence-corrected chi connectivity index (χ2v) is 5.49. The van der Waals surface area contributed by atoms with Crippen LogP contribution in [-0.4, -0.2) is 45.9 Å². The third-order valence-corrected chi connectivity index (χ3v) is 4.11. The van der Waals surface area contributed by atoms with E-state index in [-0.39, 0.29) is 5.91 Å². The Morgan fingerprint density at radius 1 is 1.24 bits per heavy atom. The van der Waals surface area contributed by atoms with Gasteiger partial charge in [-0.25, -0.2) is 0 Å². The van der Waals surface area contributed by atoms with Crippen LogP contribution < -0.4 is 9.80 Å². The summed E-state index contributed by atoms with van der Waals surface area (Å²) in [5.41, 5.74) is 3.32. The summed E-state index contributed by atoms with van der Waals surface area (Å²) in [4.78, 5) is 16.2. The molecule has 0 N–H and O–H groups in total. The number of morpholine rings is 1. The zero-order valence-electron chi connectivity index (χ0n) is 12.5. The van der Waals surface area contributed by atoms with Crippen LogP contribution in [0.15, 0.2) is 18.2 Å². The molecule has 2 aliphatic heterocycles. The first-order chi connectivity index (χ1) is 10.3. The lowest BCUT2D eigenvalue weighted by molar-refractivity contribution is -0.117. The van der Waals surface area contributed by atoms with Gasteiger partial charge in [-0.05, 0) is 18.6 Å². The summed E-state index contributed by atoms with van der Waals surface area (Å²) in [6.45, 7) is 4.67. The predicted molar refractivity (Wildman–Crippen MR) is 81.8 cm³/mol. The van der Waals surface area contributed by atoms with E-state index < -0.39 is 0 Å². The average Bonchev–Trinajstić information content (AvgIpc) is 2.95. The SMILES string of the molecule is COCc1ccc(N2CCCC2=O)cc1N1CCOCC1. The lowest BCUT2D eigenvalue weighted by Gasteiger charge is -2.31. The molecule has 2 fully saturated rings. The molecule has 0 bridgehead atoms. The molecule has 0 saturated carbocycles. The molecule has 2 heterocycles. The Labute approximate surface area is 125 Å². The summed E-state index contributed by atoms with van der Waals surface area (Å²) in [5, 5.41) is 0. The fourth-order valence-electron chi connectivity index (χ4n) is 3.02. The number of carbonyl (C=O) groups excluding carboxylic acids is 1. The zero-order valence-corrected chi connectivity index (χ0v) is 12.5. The lowest BCUT2D eigenvalue weighted by atomic mass is 10.1. The smallest absolute Gasteiger partial charge is 0.227 e. The van der Waals surface area contributed by atoms with Crippen LogP contribution in [0.1, 0.15) is 18.4 Å². The predicted octanol–water partition coefficient (Wildman–Crippen LogP) is 1.80. The van der Waals surface area contributed by atoms with E-state index in [1.807, 2.05) is 11.0 Å². The van der Waals surface area contributed by atoms with Crippen LogP contribution in [-0.2, 0) is 20.9 Å². The van der Waals surface area contributed by atoms with Crippen molar-refractivity contribution >= 4 is 17.3 Å². The summed E-state index contributed by atoms with van der Waals surface area (Å²) in [6, 6.07) is 6.24. The molecule has 2 aliphatic rings. The number of hydrogen-bond donors (Lipinski definition) is 0. The van der Waals surface area contributed by atoms with Gasteiger partial charge in [0.25, 0.3) is 0 Å². The normalized spacial score (nSPS) is 19.4. The number of methoxy groups -OCH3 is 1. The number of rotatable bonds is 4. The highest BCUT2D eigenvalue weighted by Gasteiger charge is 2.23. The van der Waals surface area contributed by atoms with Gasteiger partial charge < -0.3 is 19.3 Å². The number of ether oxygens (including phenoxy) is 2. The maximum Gasteiger partial charge on any atom is 0.227 e. The molecule has 0 aromatic heterocycles. The van der Waals surface area contributed by atoms with Crippen LogP contribution in [0.4, 0.5) is 11.4 Å². The number of hydrogen-bond acceptors (Lipinski definition) is 4. The largest absolute Gasteiger partial charge is 0.380 e. The monoisotopic (exact) mass is 290 g/mol. The molecule has 0 aliphatic carbocycles. The summed E-state index contributed by atoms with van der Waals surface area (Å²) >= 11 is 0. The summed E-state index contributed by atoms with van der Waals surface area (Å²) in [6.07, 6.45) is 1.61. The van der Waals surface area contributed by atoms with Crippen LogP contribution in [0.2, 0.25) is 0 Å². The molecule has 3 rings (SSSR count). The Morgan fingerprint density at radius 3 is 2.71 bits per heavy atom. The first-order valence-electron chi connectivity index (χ1n) is 7.54. The molecule has 5 heteroatoms. The Balaban J connectivity index is 1.91. The number of amides is 1. The van der Waals surface area contributed by atoms with Gasteiger partial charge in [-0.15, -0.1) is 0 Å². The molecular formula is C16H22N2O3. The van der Waals surface area contributed by atoms with Crippen LogP contribution in [0, 0.1) is 0 Å². The average molecular weight is 290 g/mol. The van der Waals surface area contributed by atoms with Crippen molar-refractivity contribution in [3.05, 3.63) is 23.8 Å². The van der Waals surface area contributed by atoms with E-state index in [1.54, 1.807) is 7.11 Å². The Morgan fingerprint density at radius 2 is 2.05 bits per heavy atom. The summed E-state index contributed by atoms with van der Waals surface area (Å²) in [5.74, 6) is 0.224. The van der Waals surface area contributed by atoms with Crippen LogP contribution >= 0.6 is 0 Å². The quantitative estimate of drug-likeness (QED) is 0.848. The third kappa shape index (κ3) is 3.04. The maximum atomic E-state index is 11.9. The molecule has 0 atom stereocenters. The standard InChI is InChI=1S/C16H22N2O3/c1-20-12-13-4-5-14(18-6-2-3-16(18)19)11-15(13)17-7-9-21-10-8-17/h4-5,11H,2-3,6-10,12H2,1H3. The van der Waals surface area contributed by atoms with E-state index in [0.717, 1.165) is 56.2 Å². The third-order valence-electron chi connectivity index (χ3n) is 4.11. The second-order valence-electron chi connectivity index (χ2n) is 5.49. The first kappa shape index (κ1) is 14.4. The van der Waals surface area contributed by atoms with Crippen molar-refractivity contribution in [2.75, 3.05) is 49.8 Å². The van der Waals surface area contributed by atoms with Gasteiger partial charge in [-0.3, -0.25) is 4.79 Å². The molecule has 2 saturated heterocycles. The molecule has 1 aromatic rings. The van der Waals surface area contributed by atoms with E-state index in [1.165, 1.54) is 0 Å².